The van der Waals surface area contributed by atoms with Crippen LogP contribution >= 0.6 is 11.3 Å². The molecule has 9 aromatic carbocycles. The first-order valence-corrected chi connectivity index (χ1v) is 18.8. The van der Waals surface area contributed by atoms with Crippen LogP contribution in [0.3, 0.4) is 0 Å². The predicted octanol–water partition coefficient (Wildman–Crippen LogP) is 15.1. The standard InChI is InChI=1S/C50H31NOS/c1-2-10-32(11-3-1)34-22-25-39(26-23-34)51(40-16-8-15-37(31-40)38-21-20-33-12-4-5-14-36(33)30-38)44-19-9-18-43-48-46(53-50(43)44)29-28-45-47(48)42-27-24-35-13-6-7-17-41(35)49(42)52-45/h1-31H. The van der Waals surface area contributed by atoms with Crippen LogP contribution in [0.5, 0.6) is 0 Å². The van der Waals surface area contributed by atoms with E-state index in [1.165, 1.54) is 64.0 Å². The van der Waals surface area contributed by atoms with E-state index in [0.717, 1.165) is 39.0 Å². The van der Waals surface area contributed by atoms with Crippen molar-refractivity contribution < 1.29 is 4.42 Å². The molecule has 3 heteroatoms. The minimum absolute atomic E-state index is 0.922. The summed E-state index contributed by atoms with van der Waals surface area (Å²) >= 11 is 1.86. The normalized spacial score (nSPS) is 11.8. The number of nitrogens with zero attached hydrogens (tertiary/aromatic N) is 1. The lowest BCUT2D eigenvalue weighted by Crippen LogP contribution is -2.10. The second kappa shape index (κ2) is 11.9. The Balaban J connectivity index is 1.13. The fourth-order valence-corrected chi connectivity index (χ4v) is 9.31. The molecule has 0 saturated heterocycles. The summed E-state index contributed by atoms with van der Waals surface area (Å²) < 4.78 is 9.13. The zero-order valence-corrected chi connectivity index (χ0v) is 29.5. The molecule has 2 heterocycles. The summed E-state index contributed by atoms with van der Waals surface area (Å²) in [5, 5.41) is 9.65. The highest BCUT2D eigenvalue weighted by atomic mass is 32.1. The topological polar surface area (TPSA) is 16.4 Å². The van der Waals surface area contributed by atoms with Crippen molar-refractivity contribution in [1.29, 1.82) is 0 Å². The van der Waals surface area contributed by atoms with Gasteiger partial charge in [-0.1, -0.05) is 133 Å². The van der Waals surface area contributed by atoms with Crippen molar-refractivity contribution in [1.82, 2.24) is 0 Å². The first-order chi connectivity index (χ1) is 26.3. The minimum atomic E-state index is 0.922. The quantitative estimate of drug-likeness (QED) is 0.178. The predicted molar refractivity (Wildman–Crippen MR) is 227 cm³/mol. The molecule has 0 bridgehead atoms. The van der Waals surface area contributed by atoms with Crippen LogP contribution in [-0.4, -0.2) is 0 Å². The molecule has 0 aliphatic heterocycles. The van der Waals surface area contributed by atoms with Crippen molar-refractivity contribution in [3.63, 3.8) is 0 Å². The number of furan rings is 1. The molecule has 0 N–H and O–H groups in total. The zero-order valence-electron chi connectivity index (χ0n) is 28.7. The lowest BCUT2D eigenvalue weighted by Gasteiger charge is -2.27. The van der Waals surface area contributed by atoms with Gasteiger partial charge >= 0.3 is 0 Å². The van der Waals surface area contributed by atoms with Crippen molar-refractivity contribution in [3.05, 3.63) is 188 Å². The molecule has 0 radical (unpaired) electrons. The van der Waals surface area contributed by atoms with Gasteiger partial charge in [-0.05, 0) is 93.0 Å². The highest BCUT2D eigenvalue weighted by molar-refractivity contribution is 7.26. The summed E-state index contributed by atoms with van der Waals surface area (Å²) in [4.78, 5) is 2.43. The van der Waals surface area contributed by atoms with Crippen LogP contribution in [0, 0.1) is 0 Å². The van der Waals surface area contributed by atoms with Gasteiger partial charge in [0.05, 0.1) is 10.4 Å². The van der Waals surface area contributed by atoms with Crippen molar-refractivity contribution >= 4 is 92.1 Å². The molecule has 11 rings (SSSR count). The van der Waals surface area contributed by atoms with Gasteiger partial charge in [0.15, 0.2) is 0 Å². The summed E-state index contributed by atoms with van der Waals surface area (Å²) in [6.07, 6.45) is 0. The van der Waals surface area contributed by atoms with Crippen molar-refractivity contribution in [3.8, 4) is 22.3 Å². The number of thiophene rings is 1. The van der Waals surface area contributed by atoms with Crippen LogP contribution < -0.4 is 4.90 Å². The van der Waals surface area contributed by atoms with Crippen LogP contribution in [-0.2, 0) is 0 Å². The molecule has 0 spiro atoms. The average molecular weight is 694 g/mol. The molecule has 2 nitrogen and oxygen atoms in total. The van der Waals surface area contributed by atoms with E-state index in [0.29, 0.717) is 0 Å². The van der Waals surface area contributed by atoms with Gasteiger partial charge in [-0.25, -0.2) is 0 Å². The molecule has 11 aromatic rings. The molecule has 0 fully saturated rings. The summed E-state index contributed by atoms with van der Waals surface area (Å²) in [5.41, 5.74) is 10.0. The highest BCUT2D eigenvalue weighted by Crippen LogP contribution is 2.49. The van der Waals surface area contributed by atoms with Crippen molar-refractivity contribution in [2.75, 3.05) is 4.90 Å². The fourth-order valence-electron chi connectivity index (χ4n) is 8.10. The number of hydrogen-bond donors (Lipinski definition) is 0. The molecule has 53 heavy (non-hydrogen) atoms. The molecule has 2 aromatic heterocycles. The van der Waals surface area contributed by atoms with Gasteiger partial charge in [0.2, 0.25) is 0 Å². The van der Waals surface area contributed by atoms with Gasteiger partial charge in [-0.3, -0.25) is 0 Å². The van der Waals surface area contributed by atoms with E-state index < -0.39 is 0 Å². The number of rotatable bonds is 5. The Morgan fingerprint density at radius 1 is 0.396 bits per heavy atom. The Labute approximate surface area is 310 Å². The lowest BCUT2D eigenvalue weighted by molar-refractivity contribution is 0.673. The van der Waals surface area contributed by atoms with E-state index >= 15 is 0 Å². The second-order valence-corrected chi connectivity index (χ2v) is 14.7. The first kappa shape index (κ1) is 30.0. The Bertz CT molecular complexity index is 3170. The van der Waals surface area contributed by atoms with Gasteiger partial charge in [0, 0.05) is 43.0 Å². The first-order valence-electron chi connectivity index (χ1n) is 18.0. The number of anilines is 3. The van der Waals surface area contributed by atoms with E-state index in [2.05, 4.69) is 193 Å². The minimum Gasteiger partial charge on any atom is -0.455 e. The van der Waals surface area contributed by atoms with Gasteiger partial charge < -0.3 is 9.32 Å². The third-order valence-corrected chi connectivity index (χ3v) is 11.8. The largest absolute Gasteiger partial charge is 0.455 e. The maximum atomic E-state index is 6.63. The number of benzene rings is 9. The molecule has 0 aliphatic rings. The summed E-state index contributed by atoms with van der Waals surface area (Å²) in [7, 11) is 0. The molecule has 0 saturated carbocycles. The summed E-state index contributed by atoms with van der Waals surface area (Å²) in [6, 6.07) is 67.9. The van der Waals surface area contributed by atoms with E-state index in [-0.39, 0.29) is 0 Å². The Hall–Kier alpha value is -6.68. The summed E-state index contributed by atoms with van der Waals surface area (Å²) in [6.45, 7) is 0. The van der Waals surface area contributed by atoms with Crippen LogP contribution in [0.1, 0.15) is 0 Å². The SMILES string of the molecule is c1ccc(-c2ccc(N(c3cccc(-c4ccc5ccccc5c4)c3)c3cccc4c3sc3ccc5oc6c7ccccc7ccc6c5c34)cc2)cc1. The third-order valence-electron chi connectivity index (χ3n) is 10.6. The highest BCUT2D eigenvalue weighted by Gasteiger charge is 2.22. The van der Waals surface area contributed by atoms with Gasteiger partial charge in [0.25, 0.3) is 0 Å². The average Bonchev–Trinajstić information content (AvgIpc) is 3.81. The van der Waals surface area contributed by atoms with Crippen molar-refractivity contribution in [2.24, 2.45) is 0 Å². The van der Waals surface area contributed by atoms with Gasteiger partial charge in [0.1, 0.15) is 11.2 Å². The molecule has 0 amide bonds. The third kappa shape index (κ3) is 4.86. The molecule has 0 unspecified atom stereocenters. The van der Waals surface area contributed by atoms with Gasteiger partial charge in [-0.15, -0.1) is 11.3 Å². The monoisotopic (exact) mass is 693 g/mol. The van der Waals surface area contributed by atoms with Gasteiger partial charge in [-0.2, -0.15) is 0 Å². The number of hydrogen-bond acceptors (Lipinski definition) is 3. The molecule has 0 aliphatic carbocycles. The Morgan fingerprint density at radius 2 is 1.08 bits per heavy atom. The van der Waals surface area contributed by atoms with Crippen LogP contribution in [0.2, 0.25) is 0 Å². The maximum absolute atomic E-state index is 6.63. The number of fused-ring (bicyclic) bond motifs is 10. The Morgan fingerprint density at radius 3 is 1.96 bits per heavy atom. The fraction of sp³-hybridized carbons (Fsp3) is 0. The zero-order chi connectivity index (χ0) is 34.9. The van der Waals surface area contributed by atoms with Crippen molar-refractivity contribution in [2.45, 2.75) is 0 Å². The molecular formula is C50H31NOS. The van der Waals surface area contributed by atoms with Crippen LogP contribution in [0.15, 0.2) is 192 Å². The maximum Gasteiger partial charge on any atom is 0.143 e. The Kier molecular flexibility index (Phi) is 6.76. The van der Waals surface area contributed by atoms with Crippen LogP contribution in [0.25, 0.3) is 85.9 Å². The molecule has 0 atom stereocenters. The molecular weight excluding hydrogens is 663 g/mol. The van der Waals surface area contributed by atoms with Crippen LogP contribution in [0.4, 0.5) is 17.1 Å². The second-order valence-electron chi connectivity index (χ2n) is 13.7. The molecule has 248 valence electrons. The summed E-state index contributed by atoms with van der Waals surface area (Å²) in [5.74, 6) is 0. The lowest BCUT2D eigenvalue weighted by atomic mass is 10.00. The van der Waals surface area contributed by atoms with E-state index in [1.807, 2.05) is 11.3 Å². The van der Waals surface area contributed by atoms with E-state index in [4.69, 9.17) is 4.42 Å². The van der Waals surface area contributed by atoms with E-state index in [1.54, 1.807) is 0 Å². The van der Waals surface area contributed by atoms with E-state index in [9.17, 15) is 0 Å². The smallest absolute Gasteiger partial charge is 0.143 e.